The summed E-state index contributed by atoms with van der Waals surface area (Å²) in [6.07, 6.45) is 4.34. The fourth-order valence-electron chi connectivity index (χ4n) is 3.67. The predicted molar refractivity (Wildman–Crippen MR) is 139 cm³/mol. The standard InChI is InChI=1S/C26H26N4O6S/c1-29(2)37(33,34)30-17-18(20-10-4-6-12-23(20)30)15-22(26(32)27-16-19-9-8-14-36-19)28-25(31)21-11-5-7-13-24(21)35-3/h4-15,17H,16H2,1-3H3,(H,27,32)(H,28,31). The van der Waals surface area contributed by atoms with Gasteiger partial charge in [0.1, 0.15) is 17.2 Å². The maximum Gasteiger partial charge on any atom is 0.307 e. The molecule has 10 nitrogen and oxygen atoms in total. The topological polar surface area (TPSA) is 123 Å². The summed E-state index contributed by atoms with van der Waals surface area (Å²) in [6.45, 7) is 0.0878. The Balaban J connectivity index is 1.78. The van der Waals surface area contributed by atoms with Crippen LogP contribution in [0.15, 0.2) is 83.2 Å². The van der Waals surface area contributed by atoms with Gasteiger partial charge in [-0.25, -0.2) is 3.97 Å². The first-order valence-electron chi connectivity index (χ1n) is 11.2. The van der Waals surface area contributed by atoms with Gasteiger partial charge in [0.2, 0.25) is 0 Å². The van der Waals surface area contributed by atoms with Crippen molar-refractivity contribution < 1.29 is 27.2 Å². The second kappa shape index (κ2) is 10.7. The number of para-hydroxylation sites is 2. The Hall–Kier alpha value is -4.35. The van der Waals surface area contributed by atoms with Gasteiger partial charge in [-0.1, -0.05) is 30.3 Å². The van der Waals surface area contributed by atoms with Crippen molar-refractivity contribution in [2.75, 3.05) is 21.2 Å². The van der Waals surface area contributed by atoms with Gasteiger partial charge in [-0.3, -0.25) is 9.59 Å². The Labute approximate surface area is 214 Å². The van der Waals surface area contributed by atoms with E-state index in [0.29, 0.717) is 28.0 Å². The molecule has 0 radical (unpaired) electrons. The molecule has 0 spiro atoms. The van der Waals surface area contributed by atoms with Crippen LogP contribution in [-0.4, -0.2) is 49.7 Å². The summed E-state index contributed by atoms with van der Waals surface area (Å²) in [7, 11) is 0.456. The average Bonchev–Trinajstić information content (AvgIpc) is 3.55. The Morgan fingerprint density at radius 3 is 2.49 bits per heavy atom. The maximum atomic E-state index is 13.2. The highest BCUT2D eigenvalue weighted by Crippen LogP contribution is 2.26. The number of hydrogen-bond acceptors (Lipinski definition) is 6. The number of rotatable bonds is 9. The van der Waals surface area contributed by atoms with E-state index in [4.69, 9.17) is 9.15 Å². The lowest BCUT2D eigenvalue weighted by atomic mass is 10.1. The van der Waals surface area contributed by atoms with E-state index in [1.807, 2.05) is 0 Å². The minimum atomic E-state index is -3.85. The van der Waals surface area contributed by atoms with E-state index >= 15 is 0 Å². The molecule has 0 atom stereocenters. The molecular formula is C26H26N4O6S. The minimum Gasteiger partial charge on any atom is -0.496 e. The number of benzene rings is 2. The van der Waals surface area contributed by atoms with Gasteiger partial charge in [-0.05, 0) is 36.4 Å². The Morgan fingerprint density at radius 2 is 1.78 bits per heavy atom. The first-order valence-corrected chi connectivity index (χ1v) is 12.6. The summed E-state index contributed by atoms with van der Waals surface area (Å²) in [5, 5.41) is 5.95. The molecule has 0 aliphatic heterocycles. The van der Waals surface area contributed by atoms with Crippen molar-refractivity contribution in [1.82, 2.24) is 18.9 Å². The third-order valence-corrected chi connectivity index (χ3v) is 7.29. The van der Waals surface area contributed by atoms with Crippen LogP contribution in [0.3, 0.4) is 0 Å². The summed E-state index contributed by atoms with van der Waals surface area (Å²) in [6, 6.07) is 16.9. The van der Waals surface area contributed by atoms with Crippen molar-refractivity contribution in [1.29, 1.82) is 0 Å². The number of carbonyl (C=O) groups excluding carboxylic acids is 2. The van der Waals surface area contributed by atoms with Crippen LogP contribution in [0, 0.1) is 0 Å². The number of nitrogens with zero attached hydrogens (tertiary/aromatic N) is 2. The number of aromatic nitrogens is 1. The van der Waals surface area contributed by atoms with E-state index in [9.17, 15) is 18.0 Å². The molecule has 2 N–H and O–H groups in total. The zero-order valence-electron chi connectivity index (χ0n) is 20.5. The second-order valence-electron chi connectivity index (χ2n) is 8.16. The Kier molecular flexibility index (Phi) is 7.46. The van der Waals surface area contributed by atoms with Crippen molar-refractivity contribution >= 4 is 39.0 Å². The van der Waals surface area contributed by atoms with Crippen LogP contribution in [0.25, 0.3) is 17.0 Å². The molecule has 0 bridgehead atoms. The number of carbonyl (C=O) groups is 2. The van der Waals surface area contributed by atoms with Crippen molar-refractivity contribution in [3.05, 3.63) is 95.7 Å². The monoisotopic (exact) mass is 522 g/mol. The summed E-state index contributed by atoms with van der Waals surface area (Å²) >= 11 is 0. The van der Waals surface area contributed by atoms with Crippen molar-refractivity contribution in [3.63, 3.8) is 0 Å². The van der Waals surface area contributed by atoms with Gasteiger partial charge >= 0.3 is 10.2 Å². The SMILES string of the molecule is COc1ccccc1C(=O)NC(=Cc1cn(S(=O)(=O)N(C)C)c2ccccc12)C(=O)NCc1ccco1. The highest BCUT2D eigenvalue weighted by molar-refractivity contribution is 7.87. The van der Waals surface area contributed by atoms with Crippen LogP contribution >= 0.6 is 0 Å². The first kappa shape index (κ1) is 25.7. The van der Waals surface area contributed by atoms with Gasteiger partial charge in [-0.2, -0.15) is 12.7 Å². The molecular weight excluding hydrogens is 496 g/mol. The Morgan fingerprint density at radius 1 is 1.05 bits per heavy atom. The molecule has 37 heavy (non-hydrogen) atoms. The first-order chi connectivity index (χ1) is 17.7. The smallest absolute Gasteiger partial charge is 0.307 e. The number of nitrogens with one attached hydrogen (secondary N) is 2. The average molecular weight is 523 g/mol. The molecule has 0 aliphatic rings. The number of methoxy groups -OCH3 is 1. The number of amides is 2. The van der Waals surface area contributed by atoms with E-state index in [-0.39, 0.29) is 17.8 Å². The molecule has 0 aliphatic carbocycles. The third kappa shape index (κ3) is 5.42. The van der Waals surface area contributed by atoms with Gasteiger partial charge < -0.3 is 19.8 Å². The van der Waals surface area contributed by atoms with Crippen LogP contribution in [0.4, 0.5) is 0 Å². The molecule has 0 saturated carbocycles. The molecule has 4 aromatic rings. The van der Waals surface area contributed by atoms with Gasteiger partial charge in [0.15, 0.2) is 0 Å². The number of furan rings is 1. The van der Waals surface area contributed by atoms with Crippen molar-refractivity contribution in [2.45, 2.75) is 6.54 Å². The van der Waals surface area contributed by atoms with E-state index in [1.54, 1.807) is 60.7 Å². The van der Waals surface area contributed by atoms with E-state index in [2.05, 4.69) is 10.6 Å². The summed E-state index contributed by atoms with van der Waals surface area (Å²) in [5.74, 6) is -0.296. The number of hydrogen-bond donors (Lipinski definition) is 2. The highest BCUT2D eigenvalue weighted by Gasteiger charge is 2.22. The Bertz CT molecular complexity index is 1570. The van der Waals surface area contributed by atoms with Crippen molar-refractivity contribution in [2.24, 2.45) is 0 Å². The molecule has 11 heteroatoms. The molecule has 2 aromatic carbocycles. The van der Waals surface area contributed by atoms with Gasteiger partial charge in [0.25, 0.3) is 11.8 Å². The van der Waals surface area contributed by atoms with Crippen molar-refractivity contribution in [3.8, 4) is 5.75 Å². The van der Waals surface area contributed by atoms with Crippen LogP contribution in [0.2, 0.25) is 0 Å². The minimum absolute atomic E-state index is 0.0878. The largest absolute Gasteiger partial charge is 0.496 e. The van der Waals surface area contributed by atoms with Crippen LogP contribution < -0.4 is 15.4 Å². The highest BCUT2D eigenvalue weighted by atomic mass is 32.2. The van der Waals surface area contributed by atoms with Gasteiger partial charge in [-0.15, -0.1) is 0 Å². The molecule has 0 unspecified atom stereocenters. The third-order valence-electron chi connectivity index (χ3n) is 5.57. The fraction of sp³-hybridized carbons (Fsp3) is 0.154. The second-order valence-corrected chi connectivity index (χ2v) is 10.2. The van der Waals surface area contributed by atoms with Crippen LogP contribution in [0.1, 0.15) is 21.7 Å². The maximum absolute atomic E-state index is 13.2. The zero-order chi connectivity index (χ0) is 26.6. The molecule has 2 aromatic heterocycles. The van der Waals surface area contributed by atoms with E-state index in [1.165, 1.54) is 39.7 Å². The molecule has 0 saturated heterocycles. The lowest BCUT2D eigenvalue weighted by Gasteiger charge is -2.13. The summed E-state index contributed by atoms with van der Waals surface area (Å²) < 4.78 is 38.7. The number of ether oxygens (including phenoxy) is 1. The van der Waals surface area contributed by atoms with E-state index < -0.39 is 22.0 Å². The normalized spacial score (nSPS) is 12.1. The van der Waals surface area contributed by atoms with Crippen LogP contribution in [0.5, 0.6) is 5.75 Å². The lowest BCUT2D eigenvalue weighted by Crippen LogP contribution is -2.34. The predicted octanol–water partition coefficient (Wildman–Crippen LogP) is 2.98. The molecule has 192 valence electrons. The molecule has 4 rings (SSSR count). The zero-order valence-corrected chi connectivity index (χ0v) is 21.3. The van der Waals surface area contributed by atoms with Gasteiger partial charge in [0.05, 0.1) is 31.0 Å². The summed E-state index contributed by atoms with van der Waals surface area (Å²) in [4.78, 5) is 26.4. The van der Waals surface area contributed by atoms with Crippen LogP contribution in [-0.2, 0) is 21.5 Å². The molecule has 0 fully saturated rings. The van der Waals surface area contributed by atoms with Gasteiger partial charge in [0, 0.05) is 31.2 Å². The van der Waals surface area contributed by atoms with E-state index in [0.717, 1.165) is 8.28 Å². The quantitative estimate of drug-likeness (QED) is 0.326. The lowest BCUT2D eigenvalue weighted by molar-refractivity contribution is -0.118. The fourth-order valence-corrected chi connectivity index (χ4v) is 4.68. The molecule has 2 amide bonds. The molecule has 2 heterocycles. The summed E-state index contributed by atoms with van der Waals surface area (Å²) in [5.41, 5.74) is 0.985. The number of fused-ring (bicyclic) bond motifs is 1.